The Hall–Kier alpha value is -1.54. The molecule has 1 nitrogen and oxygen atoms in total. The molecule has 0 atom stereocenters. The van der Waals surface area contributed by atoms with E-state index in [1.807, 2.05) is 24.3 Å². The molecule has 0 aliphatic heterocycles. The zero-order chi connectivity index (χ0) is 12.3. The number of hydrogen-bond acceptors (Lipinski definition) is 1. The lowest BCUT2D eigenvalue weighted by Gasteiger charge is -2.06. The molecule has 0 radical (unpaired) electrons. The van der Waals surface area contributed by atoms with E-state index in [0.717, 1.165) is 15.8 Å². The van der Waals surface area contributed by atoms with E-state index in [0.29, 0.717) is 0 Å². The second-order valence-electron chi connectivity index (χ2n) is 3.67. The quantitative estimate of drug-likeness (QED) is 0.791. The molecule has 0 spiro atoms. The van der Waals surface area contributed by atoms with Crippen molar-refractivity contribution in [2.45, 2.75) is 0 Å². The number of hydrogen-bond donors (Lipinski definition) is 0. The molecular formula is C15H13BrO. The van der Waals surface area contributed by atoms with Crippen LogP contribution < -0.4 is 4.74 Å². The van der Waals surface area contributed by atoms with E-state index in [-0.39, 0.29) is 0 Å². The minimum Gasteiger partial charge on any atom is -0.497 e. The zero-order valence-electron chi connectivity index (χ0n) is 9.61. The first-order valence-corrected chi connectivity index (χ1v) is 6.10. The highest BCUT2D eigenvalue weighted by Gasteiger charge is 2.01. The largest absolute Gasteiger partial charge is 0.497 e. The molecule has 2 aromatic rings. The summed E-state index contributed by atoms with van der Waals surface area (Å²) in [5, 5.41) is 0. The van der Waals surface area contributed by atoms with Crippen LogP contribution in [0.1, 0.15) is 5.56 Å². The fourth-order valence-electron chi connectivity index (χ4n) is 1.66. The number of halogens is 1. The van der Waals surface area contributed by atoms with Gasteiger partial charge in [0.25, 0.3) is 0 Å². The summed E-state index contributed by atoms with van der Waals surface area (Å²) in [6.45, 7) is 3.80. The summed E-state index contributed by atoms with van der Waals surface area (Å²) >= 11 is 3.49. The Bertz CT molecular complexity index is 529. The third-order valence-electron chi connectivity index (χ3n) is 2.64. The van der Waals surface area contributed by atoms with Crippen LogP contribution in [0, 0.1) is 0 Å². The average Bonchev–Trinajstić information content (AvgIpc) is 2.39. The first kappa shape index (κ1) is 11.9. The summed E-state index contributed by atoms with van der Waals surface area (Å²) in [5.41, 5.74) is 3.44. The molecule has 0 aliphatic rings. The van der Waals surface area contributed by atoms with Gasteiger partial charge in [-0.3, -0.25) is 0 Å². The maximum atomic E-state index is 5.15. The summed E-state index contributed by atoms with van der Waals surface area (Å²) in [6, 6.07) is 14.3. The fourth-order valence-corrected chi connectivity index (χ4v) is 2.07. The van der Waals surface area contributed by atoms with Crippen molar-refractivity contribution in [1.29, 1.82) is 0 Å². The first-order chi connectivity index (χ1) is 8.24. The van der Waals surface area contributed by atoms with E-state index >= 15 is 0 Å². The maximum Gasteiger partial charge on any atom is 0.118 e. The number of rotatable bonds is 3. The van der Waals surface area contributed by atoms with Crippen molar-refractivity contribution < 1.29 is 4.74 Å². The van der Waals surface area contributed by atoms with Gasteiger partial charge in [-0.1, -0.05) is 46.8 Å². The topological polar surface area (TPSA) is 9.23 Å². The summed E-state index contributed by atoms with van der Waals surface area (Å²) < 4.78 is 6.21. The van der Waals surface area contributed by atoms with E-state index in [4.69, 9.17) is 4.74 Å². The Balaban J connectivity index is 2.41. The van der Waals surface area contributed by atoms with Gasteiger partial charge >= 0.3 is 0 Å². The van der Waals surface area contributed by atoms with Crippen molar-refractivity contribution in [2.24, 2.45) is 0 Å². The molecule has 2 rings (SSSR count). The van der Waals surface area contributed by atoms with E-state index in [2.05, 4.69) is 46.8 Å². The maximum absolute atomic E-state index is 5.15. The van der Waals surface area contributed by atoms with Crippen molar-refractivity contribution in [1.82, 2.24) is 0 Å². The van der Waals surface area contributed by atoms with Gasteiger partial charge in [0.05, 0.1) is 7.11 Å². The monoisotopic (exact) mass is 288 g/mol. The SMILES string of the molecule is C=Cc1cc(-c2ccc(OC)cc2)ccc1Br. The summed E-state index contributed by atoms with van der Waals surface area (Å²) in [5.74, 6) is 0.870. The van der Waals surface area contributed by atoms with Crippen molar-refractivity contribution in [2.75, 3.05) is 7.11 Å². The van der Waals surface area contributed by atoms with Gasteiger partial charge in [0, 0.05) is 4.47 Å². The molecule has 86 valence electrons. The van der Waals surface area contributed by atoms with Crippen molar-refractivity contribution in [3.05, 3.63) is 59.1 Å². The molecule has 0 unspecified atom stereocenters. The highest BCUT2D eigenvalue weighted by molar-refractivity contribution is 9.10. The summed E-state index contributed by atoms with van der Waals surface area (Å²) in [7, 11) is 1.67. The number of ether oxygens (including phenoxy) is 1. The zero-order valence-corrected chi connectivity index (χ0v) is 11.2. The highest BCUT2D eigenvalue weighted by Crippen LogP contribution is 2.27. The predicted octanol–water partition coefficient (Wildman–Crippen LogP) is 4.77. The van der Waals surface area contributed by atoms with Gasteiger partial charge in [0.15, 0.2) is 0 Å². The van der Waals surface area contributed by atoms with Crippen molar-refractivity contribution in [3.8, 4) is 16.9 Å². The molecule has 17 heavy (non-hydrogen) atoms. The lowest BCUT2D eigenvalue weighted by Crippen LogP contribution is -1.84. The molecule has 2 heteroatoms. The van der Waals surface area contributed by atoms with Crippen LogP contribution in [-0.4, -0.2) is 7.11 Å². The Labute approximate surface area is 110 Å². The van der Waals surface area contributed by atoms with Crippen LogP contribution in [0.2, 0.25) is 0 Å². The van der Waals surface area contributed by atoms with E-state index in [9.17, 15) is 0 Å². The minimum atomic E-state index is 0.870. The highest BCUT2D eigenvalue weighted by atomic mass is 79.9. The lowest BCUT2D eigenvalue weighted by atomic mass is 10.0. The van der Waals surface area contributed by atoms with Gasteiger partial charge in [0.1, 0.15) is 5.75 Å². The van der Waals surface area contributed by atoms with E-state index in [1.54, 1.807) is 7.11 Å². The molecule has 0 bridgehead atoms. The van der Waals surface area contributed by atoms with Gasteiger partial charge < -0.3 is 4.74 Å². The molecule has 2 aromatic carbocycles. The molecule has 0 N–H and O–H groups in total. The van der Waals surface area contributed by atoms with E-state index in [1.165, 1.54) is 11.1 Å². The second kappa shape index (κ2) is 5.19. The van der Waals surface area contributed by atoms with Crippen LogP contribution in [0.25, 0.3) is 17.2 Å². The molecule has 0 saturated heterocycles. The van der Waals surface area contributed by atoms with Crippen LogP contribution >= 0.6 is 15.9 Å². The number of methoxy groups -OCH3 is 1. The smallest absolute Gasteiger partial charge is 0.118 e. The molecule has 0 aliphatic carbocycles. The van der Waals surface area contributed by atoms with Crippen LogP contribution in [-0.2, 0) is 0 Å². The molecular weight excluding hydrogens is 276 g/mol. The van der Waals surface area contributed by atoms with Gasteiger partial charge in [0.2, 0.25) is 0 Å². The lowest BCUT2D eigenvalue weighted by molar-refractivity contribution is 0.415. The summed E-state index contributed by atoms with van der Waals surface area (Å²) in [6.07, 6.45) is 1.84. The van der Waals surface area contributed by atoms with Crippen LogP contribution in [0.5, 0.6) is 5.75 Å². The second-order valence-corrected chi connectivity index (χ2v) is 4.52. The van der Waals surface area contributed by atoms with E-state index < -0.39 is 0 Å². The Morgan fingerprint density at radius 3 is 2.29 bits per heavy atom. The Morgan fingerprint density at radius 2 is 1.71 bits per heavy atom. The molecule has 0 heterocycles. The van der Waals surface area contributed by atoms with Gasteiger partial charge in [-0.2, -0.15) is 0 Å². The van der Waals surface area contributed by atoms with Gasteiger partial charge in [-0.15, -0.1) is 0 Å². The molecule has 0 aromatic heterocycles. The third kappa shape index (κ3) is 2.59. The molecule has 0 fully saturated rings. The van der Waals surface area contributed by atoms with Crippen LogP contribution in [0.4, 0.5) is 0 Å². The first-order valence-electron chi connectivity index (χ1n) is 5.31. The van der Waals surface area contributed by atoms with Gasteiger partial charge in [-0.25, -0.2) is 0 Å². The third-order valence-corrected chi connectivity index (χ3v) is 3.36. The fraction of sp³-hybridized carbons (Fsp3) is 0.0667. The van der Waals surface area contributed by atoms with Gasteiger partial charge in [-0.05, 0) is 41.0 Å². The summed E-state index contributed by atoms with van der Waals surface area (Å²) in [4.78, 5) is 0. The number of benzene rings is 2. The standard InChI is InChI=1S/C15H13BrO/c1-3-11-10-13(6-9-15(11)16)12-4-7-14(17-2)8-5-12/h3-10H,1H2,2H3. The molecule has 0 amide bonds. The molecule has 0 saturated carbocycles. The van der Waals surface area contributed by atoms with Crippen molar-refractivity contribution in [3.63, 3.8) is 0 Å². The predicted molar refractivity (Wildman–Crippen MR) is 76.2 cm³/mol. The van der Waals surface area contributed by atoms with Crippen LogP contribution in [0.15, 0.2) is 53.5 Å². The minimum absolute atomic E-state index is 0.870. The van der Waals surface area contributed by atoms with Crippen molar-refractivity contribution >= 4 is 22.0 Å². The normalized spacial score (nSPS) is 10.0. The Kier molecular flexibility index (Phi) is 3.64. The van der Waals surface area contributed by atoms with Crippen LogP contribution in [0.3, 0.4) is 0 Å². The average molecular weight is 289 g/mol. The Morgan fingerprint density at radius 1 is 1.06 bits per heavy atom.